The number of nitrogens with two attached hydrogens (primary N) is 1. The minimum atomic E-state index is -0.893. The van der Waals surface area contributed by atoms with E-state index in [1.807, 2.05) is 31.2 Å². The molecule has 5 nitrogen and oxygen atoms in total. The summed E-state index contributed by atoms with van der Waals surface area (Å²) in [6.07, 6.45) is 1.47. The molecule has 1 heterocycles. The molecule has 0 spiro atoms. The summed E-state index contributed by atoms with van der Waals surface area (Å²) in [7, 11) is 0. The van der Waals surface area contributed by atoms with Crippen LogP contribution in [0.2, 0.25) is 0 Å². The molecule has 120 valence electrons. The van der Waals surface area contributed by atoms with E-state index in [0.717, 1.165) is 21.5 Å². The lowest BCUT2D eigenvalue weighted by atomic mass is 9.97. The van der Waals surface area contributed by atoms with Crippen LogP contribution in [-0.4, -0.2) is 21.6 Å². The van der Waals surface area contributed by atoms with Gasteiger partial charge in [0.25, 0.3) is 0 Å². The third-order valence-corrected chi connectivity index (χ3v) is 4.39. The summed E-state index contributed by atoms with van der Waals surface area (Å²) in [6, 6.07) is 7.77. The van der Waals surface area contributed by atoms with Crippen molar-refractivity contribution in [1.82, 2.24) is 10.2 Å². The van der Waals surface area contributed by atoms with Crippen molar-refractivity contribution in [2.45, 2.75) is 32.2 Å². The SMILES string of the molecule is CCCC(C)(N)C(=O)Nc1nnc(-c2cccc(Br)c2)s1.Cl. The molecule has 1 amide bonds. The molecule has 0 bridgehead atoms. The number of rotatable bonds is 5. The molecule has 0 aliphatic rings. The van der Waals surface area contributed by atoms with Crippen molar-refractivity contribution in [3.8, 4) is 10.6 Å². The summed E-state index contributed by atoms with van der Waals surface area (Å²) in [5, 5.41) is 12.1. The number of halogens is 2. The van der Waals surface area contributed by atoms with E-state index >= 15 is 0 Å². The maximum atomic E-state index is 12.1. The maximum absolute atomic E-state index is 12.1. The van der Waals surface area contributed by atoms with Crippen molar-refractivity contribution >= 4 is 50.7 Å². The molecule has 8 heteroatoms. The summed E-state index contributed by atoms with van der Waals surface area (Å²) in [6.45, 7) is 3.72. The summed E-state index contributed by atoms with van der Waals surface area (Å²) in [5.74, 6) is -0.235. The first-order chi connectivity index (χ1) is 9.92. The molecule has 2 rings (SSSR count). The van der Waals surface area contributed by atoms with E-state index in [1.165, 1.54) is 11.3 Å². The highest BCUT2D eigenvalue weighted by atomic mass is 79.9. The molecule has 0 fully saturated rings. The molecule has 22 heavy (non-hydrogen) atoms. The first-order valence-electron chi connectivity index (χ1n) is 6.62. The van der Waals surface area contributed by atoms with Crippen molar-refractivity contribution in [3.63, 3.8) is 0 Å². The third-order valence-electron chi connectivity index (χ3n) is 3.01. The number of anilines is 1. The predicted molar refractivity (Wildman–Crippen MR) is 96.4 cm³/mol. The Morgan fingerprint density at radius 2 is 2.18 bits per heavy atom. The molecule has 0 saturated carbocycles. The zero-order valence-corrected chi connectivity index (χ0v) is 15.5. The van der Waals surface area contributed by atoms with Crippen LogP contribution in [0.3, 0.4) is 0 Å². The normalized spacial score (nSPS) is 13.1. The van der Waals surface area contributed by atoms with Crippen LogP contribution in [0.4, 0.5) is 5.13 Å². The fraction of sp³-hybridized carbons (Fsp3) is 0.357. The first kappa shape index (κ1) is 19.0. The van der Waals surface area contributed by atoms with Gasteiger partial charge in [0.2, 0.25) is 11.0 Å². The summed E-state index contributed by atoms with van der Waals surface area (Å²) in [4.78, 5) is 12.1. The zero-order valence-electron chi connectivity index (χ0n) is 12.3. The van der Waals surface area contributed by atoms with E-state index in [1.54, 1.807) is 6.92 Å². The van der Waals surface area contributed by atoms with Crippen LogP contribution in [0.1, 0.15) is 26.7 Å². The highest BCUT2D eigenvalue weighted by Gasteiger charge is 2.28. The predicted octanol–water partition coefficient (Wildman–Crippen LogP) is 3.85. The lowest BCUT2D eigenvalue weighted by molar-refractivity contribution is -0.120. The van der Waals surface area contributed by atoms with Gasteiger partial charge in [-0.15, -0.1) is 22.6 Å². The van der Waals surface area contributed by atoms with Gasteiger partial charge in [0, 0.05) is 10.0 Å². The van der Waals surface area contributed by atoms with Crippen LogP contribution in [0.15, 0.2) is 28.7 Å². The van der Waals surface area contributed by atoms with Crippen LogP contribution in [0, 0.1) is 0 Å². The number of aromatic nitrogens is 2. The number of hydrogen-bond acceptors (Lipinski definition) is 5. The second kappa shape index (κ2) is 8.01. The molecule has 0 saturated heterocycles. The van der Waals surface area contributed by atoms with Crippen molar-refractivity contribution in [1.29, 1.82) is 0 Å². The lowest BCUT2D eigenvalue weighted by Crippen LogP contribution is -2.48. The van der Waals surface area contributed by atoms with E-state index in [2.05, 4.69) is 31.4 Å². The molecule has 0 aliphatic carbocycles. The van der Waals surface area contributed by atoms with Crippen molar-refractivity contribution in [2.24, 2.45) is 5.73 Å². The van der Waals surface area contributed by atoms with Gasteiger partial charge in [0.15, 0.2) is 0 Å². The molecule has 1 atom stereocenters. The summed E-state index contributed by atoms with van der Waals surface area (Å²) in [5.41, 5.74) is 6.05. The number of carbonyl (C=O) groups is 1. The topological polar surface area (TPSA) is 80.9 Å². The molecule has 0 aliphatic heterocycles. The van der Waals surface area contributed by atoms with E-state index in [-0.39, 0.29) is 18.3 Å². The molecule has 1 aromatic heterocycles. The second-order valence-electron chi connectivity index (χ2n) is 5.04. The van der Waals surface area contributed by atoms with Gasteiger partial charge in [0.05, 0.1) is 5.54 Å². The van der Waals surface area contributed by atoms with Gasteiger partial charge in [-0.2, -0.15) is 0 Å². The Bertz CT molecular complexity index is 647. The van der Waals surface area contributed by atoms with Gasteiger partial charge in [-0.05, 0) is 25.5 Å². The van der Waals surface area contributed by atoms with Gasteiger partial charge in [-0.3, -0.25) is 10.1 Å². The van der Waals surface area contributed by atoms with Gasteiger partial charge < -0.3 is 5.73 Å². The summed E-state index contributed by atoms with van der Waals surface area (Å²) < 4.78 is 0.971. The fourth-order valence-electron chi connectivity index (χ4n) is 1.88. The molecular formula is C14H18BrClN4OS. The Hall–Kier alpha value is -1.02. The van der Waals surface area contributed by atoms with E-state index in [4.69, 9.17) is 5.73 Å². The Balaban J connectivity index is 0.00000242. The highest BCUT2D eigenvalue weighted by molar-refractivity contribution is 9.10. The van der Waals surface area contributed by atoms with E-state index in [0.29, 0.717) is 11.6 Å². The monoisotopic (exact) mass is 404 g/mol. The Morgan fingerprint density at radius 3 is 2.82 bits per heavy atom. The quantitative estimate of drug-likeness (QED) is 0.792. The Labute approximate surface area is 148 Å². The van der Waals surface area contributed by atoms with E-state index < -0.39 is 5.54 Å². The Morgan fingerprint density at radius 1 is 1.45 bits per heavy atom. The fourth-order valence-corrected chi connectivity index (χ4v) is 3.02. The molecule has 1 unspecified atom stereocenters. The van der Waals surface area contributed by atoms with Crippen LogP contribution in [-0.2, 0) is 4.79 Å². The van der Waals surface area contributed by atoms with Crippen LogP contribution in [0.25, 0.3) is 10.6 Å². The number of nitrogens with one attached hydrogen (secondary N) is 1. The molecular weight excluding hydrogens is 388 g/mol. The number of benzene rings is 1. The standard InChI is InChI=1S/C14H17BrN4OS.ClH/c1-3-7-14(2,16)12(20)17-13-19-18-11(21-13)9-5-4-6-10(15)8-9;/h4-6,8H,3,7,16H2,1-2H3,(H,17,19,20);1H. The second-order valence-corrected chi connectivity index (χ2v) is 6.94. The largest absolute Gasteiger partial charge is 0.318 e. The Kier molecular flexibility index (Phi) is 6.93. The highest BCUT2D eigenvalue weighted by Crippen LogP contribution is 2.28. The minimum Gasteiger partial charge on any atom is -0.318 e. The minimum absolute atomic E-state index is 0. The molecule has 2 aromatic rings. The van der Waals surface area contributed by atoms with Crippen molar-refractivity contribution < 1.29 is 4.79 Å². The molecule has 3 N–H and O–H groups in total. The molecule has 1 aromatic carbocycles. The third kappa shape index (κ3) is 4.74. The van der Waals surface area contributed by atoms with Crippen molar-refractivity contribution in [3.05, 3.63) is 28.7 Å². The smallest absolute Gasteiger partial charge is 0.245 e. The number of amides is 1. The van der Waals surface area contributed by atoms with Crippen LogP contribution < -0.4 is 11.1 Å². The maximum Gasteiger partial charge on any atom is 0.245 e. The van der Waals surface area contributed by atoms with E-state index in [9.17, 15) is 4.79 Å². The number of carbonyl (C=O) groups excluding carboxylic acids is 1. The number of nitrogens with zero attached hydrogens (tertiary/aromatic N) is 2. The summed E-state index contributed by atoms with van der Waals surface area (Å²) >= 11 is 4.75. The average molecular weight is 406 g/mol. The lowest BCUT2D eigenvalue weighted by Gasteiger charge is -2.21. The zero-order chi connectivity index (χ0) is 15.5. The first-order valence-corrected chi connectivity index (χ1v) is 8.23. The van der Waals surface area contributed by atoms with Crippen molar-refractivity contribution in [2.75, 3.05) is 5.32 Å². The van der Waals surface area contributed by atoms with Gasteiger partial charge in [-0.1, -0.05) is 52.7 Å². The number of hydrogen-bond donors (Lipinski definition) is 2. The van der Waals surface area contributed by atoms with Gasteiger partial charge >= 0.3 is 0 Å². The van der Waals surface area contributed by atoms with Crippen LogP contribution >= 0.6 is 39.7 Å². The van der Waals surface area contributed by atoms with Crippen LogP contribution in [0.5, 0.6) is 0 Å². The average Bonchev–Trinajstić information content (AvgIpc) is 2.87. The van der Waals surface area contributed by atoms with Gasteiger partial charge in [0.1, 0.15) is 5.01 Å². The molecule has 0 radical (unpaired) electrons. The van der Waals surface area contributed by atoms with Gasteiger partial charge in [-0.25, -0.2) is 0 Å².